The molecule has 0 saturated heterocycles. The van der Waals surface area contributed by atoms with Gasteiger partial charge in [-0.1, -0.05) is 59.2 Å². The number of rotatable bonds is 4. The van der Waals surface area contributed by atoms with Crippen LogP contribution in [0, 0.1) is 0 Å². The highest BCUT2D eigenvalue weighted by atomic mass is 32.2. The molecule has 0 amide bonds. The molecule has 16 heavy (non-hydrogen) atoms. The highest BCUT2D eigenvalue weighted by molar-refractivity contribution is 8.33. The van der Waals surface area contributed by atoms with Gasteiger partial charge in [-0.05, 0) is 23.7 Å². The van der Waals surface area contributed by atoms with Crippen LogP contribution in [0.15, 0.2) is 54.4 Å². The van der Waals surface area contributed by atoms with Crippen molar-refractivity contribution in [3.63, 3.8) is 0 Å². The summed E-state index contributed by atoms with van der Waals surface area (Å²) in [6, 6.07) is 0. The highest BCUT2D eigenvalue weighted by Gasteiger charge is 2.23. The van der Waals surface area contributed by atoms with Gasteiger partial charge < -0.3 is 0 Å². The quantitative estimate of drug-likeness (QED) is 0.588. The third kappa shape index (κ3) is 2.86. The van der Waals surface area contributed by atoms with Gasteiger partial charge in [0.2, 0.25) is 0 Å². The summed E-state index contributed by atoms with van der Waals surface area (Å²) >= 11 is 7.45. The monoisotopic (exact) mass is 284 g/mol. The average molecular weight is 284 g/mol. The molecule has 0 aliphatic carbocycles. The van der Waals surface area contributed by atoms with Gasteiger partial charge in [0.25, 0.3) is 0 Å². The van der Waals surface area contributed by atoms with Crippen molar-refractivity contribution in [2.45, 2.75) is 12.8 Å². The first kappa shape index (κ1) is 12.6. The SMILES string of the molecule is C=CCC1=C(CC=C)SC(=C2SC=CS2)S1. The van der Waals surface area contributed by atoms with E-state index in [9.17, 15) is 0 Å². The van der Waals surface area contributed by atoms with Crippen molar-refractivity contribution in [3.8, 4) is 0 Å². The second-order valence-electron chi connectivity index (χ2n) is 3.12. The van der Waals surface area contributed by atoms with Crippen LogP contribution in [0.5, 0.6) is 0 Å². The van der Waals surface area contributed by atoms with E-state index in [1.165, 1.54) is 18.3 Å². The van der Waals surface area contributed by atoms with Crippen molar-refractivity contribution in [1.82, 2.24) is 0 Å². The zero-order valence-corrected chi connectivity index (χ0v) is 12.0. The Morgan fingerprint density at radius 1 is 0.875 bits per heavy atom. The molecule has 0 nitrogen and oxygen atoms in total. The summed E-state index contributed by atoms with van der Waals surface area (Å²) in [6.45, 7) is 7.64. The van der Waals surface area contributed by atoms with Gasteiger partial charge in [-0.15, -0.1) is 13.2 Å². The Morgan fingerprint density at radius 2 is 1.38 bits per heavy atom. The lowest BCUT2D eigenvalue weighted by molar-refractivity contribution is 1.28. The van der Waals surface area contributed by atoms with Crippen LogP contribution in [0.3, 0.4) is 0 Å². The molecule has 0 saturated carbocycles. The summed E-state index contributed by atoms with van der Waals surface area (Å²) in [5.74, 6) is 0. The molecule has 4 heteroatoms. The topological polar surface area (TPSA) is 0 Å². The number of allylic oxidation sites excluding steroid dienone is 4. The number of thioether (sulfide) groups is 4. The Labute approximate surface area is 114 Å². The van der Waals surface area contributed by atoms with E-state index in [0.717, 1.165) is 12.8 Å². The standard InChI is InChI=1S/C12H12S4/c1-3-5-9-10(6-4-2)16-12(15-9)11-13-7-8-14-11/h3-4,7-8H,1-2,5-6H2. The lowest BCUT2D eigenvalue weighted by atomic mass is 10.3. The Kier molecular flexibility index (Phi) is 4.82. The van der Waals surface area contributed by atoms with E-state index in [2.05, 4.69) is 24.0 Å². The first-order chi connectivity index (χ1) is 7.85. The van der Waals surface area contributed by atoms with E-state index < -0.39 is 0 Å². The lowest BCUT2D eigenvalue weighted by Gasteiger charge is -2.00. The minimum atomic E-state index is 0.973. The van der Waals surface area contributed by atoms with Crippen molar-refractivity contribution in [3.05, 3.63) is 54.4 Å². The molecule has 0 radical (unpaired) electrons. The van der Waals surface area contributed by atoms with Crippen LogP contribution in [-0.2, 0) is 0 Å². The van der Waals surface area contributed by atoms with Gasteiger partial charge in [0, 0.05) is 9.81 Å². The van der Waals surface area contributed by atoms with E-state index in [-0.39, 0.29) is 0 Å². The maximum Gasteiger partial charge on any atom is 0.0700 e. The minimum absolute atomic E-state index is 0.973. The fraction of sp³-hybridized carbons (Fsp3) is 0.167. The molecule has 0 unspecified atom stereocenters. The molecule has 0 bridgehead atoms. The fourth-order valence-corrected chi connectivity index (χ4v) is 6.27. The third-order valence-electron chi connectivity index (χ3n) is 1.97. The van der Waals surface area contributed by atoms with Crippen LogP contribution in [0.1, 0.15) is 12.8 Å². The molecular formula is C12H12S4. The zero-order valence-electron chi connectivity index (χ0n) is 8.77. The molecule has 2 heterocycles. The van der Waals surface area contributed by atoms with E-state index in [1.54, 1.807) is 0 Å². The smallest absolute Gasteiger partial charge is 0.0700 e. The van der Waals surface area contributed by atoms with Crippen molar-refractivity contribution in [2.75, 3.05) is 0 Å². The summed E-state index contributed by atoms with van der Waals surface area (Å²) in [7, 11) is 0. The van der Waals surface area contributed by atoms with E-state index in [0.29, 0.717) is 0 Å². The molecule has 84 valence electrons. The van der Waals surface area contributed by atoms with Gasteiger partial charge in [-0.2, -0.15) is 0 Å². The second-order valence-corrected chi connectivity index (χ2v) is 7.68. The first-order valence-electron chi connectivity index (χ1n) is 4.87. The highest BCUT2D eigenvalue weighted by Crippen LogP contribution is 2.57. The van der Waals surface area contributed by atoms with Crippen LogP contribution in [0.2, 0.25) is 0 Å². The van der Waals surface area contributed by atoms with Gasteiger partial charge in [0.05, 0.1) is 8.47 Å². The molecule has 0 aromatic rings. The van der Waals surface area contributed by atoms with Gasteiger partial charge in [0.15, 0.2) is 0 Å². The Hall–Kier alpha value is 0.1000. The van der Waals surface area contributed by atoms with E-state index >= 15 is 0 Å². The summed E-state index contributed by atoms with van der Waals surface area (Å²) in [6.07, 6.45) is 5.90. The molecule has 2 aliphatic heterocycles. The first-order valence-corrected chi connectivity index (χ1v) is 8.26. The molecule has 0 aromatic carbocycles. The van der Waals surface area contributed by atoms with Crippen molar-refractivity contribution in [2.24, 2.45) is 0 Å². The second kappa shape index (κ2) is 6.15. The van der Waals surface area contributed by atoms with Crippen LogP contribution >= 0.6 is 47.0 Å². The lowest BCUT2D eigenvalue weighted by Crippen LogP contribution is -1.75. The van der Waals surface area contributed by atoms with Crippen molar-refractivity contribution < 1.29 is 0 Å². The molecule has 0 N–H and O–H groups in total. The van der Waals surface area contributed by atoms with E-state index in [4.69, 9.17) is 0 Å². The Balaban J connectivity index is 2.14. The average Bonchev–Trinajstić information content (AvgIpc) is 2.89. The number of hydrogen-bond donors (Lipinski definition) is 0. The normalized spacial score (nSPS) is 19.8. The third-order valence-corrected chi connectivity index (χ3v) is 7.35. The molecule has 0 fully saturated rings. The molecule has 0 aromatic heterocycles. The van der Waals surface area contributed by atoms with Crippen molar-refractivity contribution in [1.29, 1.82) is 0 Å². The fourth-order valence-electron chi connectivity index (χ4n) is 1.32. The minimum Gasteiger partial charge on any atom is -0.103 e. The predicted octanol–water partition coefficient (Wildman–Crippen LogP) is 5.91. The van der Waals surface area contributed by atoms with Gasteiger partial charge in [0.1, 0.15) is 0 Å². The molecule has 0 spiro atoms. The van der Waals surface area contributed by atoms with Crippen LogP contribution in [-0.4, -0.2) is 0 Å². The predicted molar refractivity (Wildman–Crippen MR) is 83.2 cm³/mol. The van der Waals surface area contributed by atoms with E-state index in [1.807, 2.05) is 59.2 Å². The summed E-state index contributed by atoms with van der Waals surface area (Å²) in [5.41, 5.74) is 0. The largest absolute Gasteiger partial charge is 0.103 e. The number of hydrogen-bond acceptors (Lipinski definition) is 4. The van der Waals surface area contributed by atoms with Gasteiger partial charge >= 0.3 is 0 Å². The summed E-state index contributed by atoms with van der Waals surface area (Å²) in [4.78, 5) is 2.88. The maximum absolute atomic E-state index is 3.82. The maximum atomic E-state index is 3.82. The Bertz CT molecular complexity index is 367. The van der Waals surface area contributed by atoms with Crippen LogP contribution in [0.4, 0.5) is 0 Å². The molecular weight excluding hydrogens is 272 g/mol. The molecule has 0 atom stereocenters. The van der Waals surface area contributed by atoms with Crippen LogP contribution < -0.4 is 0 Å². The van der Waals surface area contributed by atoms with Crippen molar-refractivity contribution >= 4 is 47.0 Å². The van der Waals surface area contributed by atoms with Crippen LogP contribution in [0.25, 0.3) is 0 Å². The summed E-state index contributed by atoms with van der Waals surface area (Å²) < 4.78 is 2.84. The molecule has 2 rings (SSSR count). The van der Waals surface area contributed by atoms with Gasteiger partial charge in [-0.25, -0.2) is 0 Å². The van der Waals surface area contributed by atoms with Gasteiger partial charge in [-0.3, -0.25) is 0 Å². The Morgan fingerprint density at radius 3 is 1.81 bits per heavy atom. The summed E-state index contributed by atoms with van der Waals surface area (Å²) in [5, 5.41) is 4.29. The molecule has 2 aliphatic rings. The zero-order chi connectivity index (χ0) is 11.4.